The minimum absolute atomic E-state index is 0.0932. The average molecular weight is 261 g/mol. The van der Waals surface area contributed by atoms with Crippen LogP contribution in [0.5, 0.6) is 0 Å². The van der Waals surface area contributed by atoms with Crippen molar-refractivity contribution in [1.29, 1.82) is 0 Å². The molecule has 0 spiro atoms. The van der Waals surface area contributed by atoms with Crippen LogP contribution in [0.2, 0.25) is 0 Å². The summed E-state index contributed by atoms with van der Waals surface area (Å²) in [5, 5.41) is 12.0. The molecule has 0 saturated heterocycles. The lowest BCUT2D eigenvalue weighted by molar-refractivity contribution is -0.144. The molecule has 0 aliphatic heterocycles. The van der Waals surface area contributed by atoms with Crippen molar-refractivity contribution < 1.29 is 14.7 Å². The highest BCUT2D eigenvalue weighted by Gasteiger charge is 2.31. The van der Waals surface area contributed by atoms with Crippen LogP contribution in [0.1, 0.15) is 31.2 Å². The average Bonchev–Trinajstić information content (AvgIpc) is 2.40. The zero-order chi connectivity index (χ0) is 13.7. The van der Waals surface area contributed by atoms with Crippen molar-refractivity contribution in [3.63, 3.8) is 0 Å². The second-order valence-electron chi connectivity index (χ2n) is 5.07. The number of rotatable bonds is 4. The third-order valence-electron chi connectivity index (χ3n) is 3.64. The lowest BCUT2D eigenvalue weighted by Gasteiger charge is -2.29. The van der Waals surface area contributed by atoms with E-state index in [1.54, 1.807) is 0 Å². The molecule has 102 valence electrons. The van der Waals surface area contributed by atoms with E-state index in [0.29, 0.717) is 12.8 Å². The number of carbonyl (C=O) groups excluding carboxylic acids is 1. The molecule has 1 aliphatic rings. The van der Waals surface area contributed by atoms with Gasteiger partial charge in [-0.05, 0) is 18.4 Å². The van der Waals surface area contributed by atoms with Crippen molar-refractivity contribution in [2.24, 2.45) is 5.92 Å². The van der Waals surface area contributed by atoms with Gasteiger partial charge in [0.2, 0.25) is 5.91 Å². The van der Waals surface area contributed by atoms with Gasteiger partial charge in [0.05, 0.1) is 12.3 Å². The fraction of sp³-hybridized carbons (Fsp3) is 0.467. The summed E-state index contributed by atoms with van der Waals surface area (Å²) in [6.07, 6.45) is 3.65. The standard InChI is InChI=1S/C15H19NO3/c17-14(10-11-6-2-1-3-7-11)16-13-9-5-4-8-12(13)15(18)19/h1-3,6-7,12-13H,4-5,8-10H2,(H,16,17)(H,18,19). The first-order valence-electron chi connectivity index (χ1n) is 6.73. The van der Waals surface area contributed by atoms with Gasteiger partial charge in [-0.25, -0.2) is 0 Å². The second-order valence-corrected chi connectivity index (χ2v) is 5.07. The van der Waals surface area contributed by atoms with E-state index in [9.17, 15) is 9.59 Å². The van der Waals surface area contributed by atoms with Crippen molar-refractivity contribution in [3.8, 4) is 0 Å². The number of benzene rings is 1. The van der Waals surface area contributed by atoms with Gasteiger partial charge in [-0.15, -0.1) is 0 Å². The van der Waals surface area contributed by atoms with E-state index in [1.165, 1.54) is 0 Å². The Morgan fingerprint density at radius 1 is 1.16 bits per heavy atom. The number of nitrogens with one attached hydrogen (secondary N) is 1. The lowest BCUT2D eigenvalue weighted by Crippen LogP contribution is -2.45. The highest BCUT2D eigenvalue weighted by Crippen LogP contribution is 2.24. The van der Waals surface area contributed by atoms with E-state index >= 15 is 0 Å². The summed E-state index contributed by atoms with van der Waals surface area (Å²) in [5.74, 6) is -1.33. The SMILES string of the molecule is O=C(Cc1ccccc1)NC1CCCCC1C(=O)O. The van der Waals surface area contributed by atoms with Gasteiger partial charge in [-0.2, -0.15) is 0 Å². The largest absolute Gasteiger partial charge is 0.481 e. The van der Waals surface area contributed by atoms with E-state index in [1.807, 2.05) is 30.3 Å². The zero-order valence-electron chi connectivity index (χ0n) is 10.8. The van der Waals surface area contributed by atoms with Gasteiger partial charge in [0.25, 0.3) is 0 Å². The van der Waals surface area contributed by atoms with Gasteiger partial charge in [0.1, 0.15) is 0 Å². The van der Waals surface area contributed by atoms with Crippen molar-refractivity contribution in [2.45, 2.75) is 38.1 Å². The summed E-state index contributed by atoms with van der Waals surface area (Å²) >= 11 is 0. The predicted octanol–water partition coefficient (Wildman–Crippen LogP) is 1.99. The number of carboxylic acids is 1. The van der Waals surface area contributed by atoms with Crippen LogP contribution in [-0.4, -0.2) is 23.0 Å². The van der Waals surface area contributed by atoms with E-state index < -0.39 is 11.9 Å². The molecule has 1 fully saturated rings. The Morgan fingerprint density at radius 3 is 2.53 bits per heavy atom. The van der Waals surface area contributed by atoms with Crippen molar-refractivity contribution in [1.82, 2.24) is 5.32 Å². The Kier molecular flexibility index (Phi) is 4.55. The van der Waals surface area contributed by atoms with Gasteiger partial charge < -0.3 is 10.4 Å². The van der Waals surface area contributed by atoms with Crippen LogP contribution in [0.15, 0.2) is 30.3 Å². The quantitative estimate of drug-likeness (QED) is 0.871. The van der Waals surface area contributed by atoms with Gasteiger partial charge >= 0.3 is 5.97 Å². The van der Waals surface area contributed by atoms with Crippen LogP contribution < -0.4 is 5.32 Å². The number of aliphatic carboxylic acids is 1. The predicted molar refractivity (Wildman–Crippen MR) is 71.7 cm³/mol. The van der Waals surface area contributed by atoms with Crippen LogP contribution >= 0.6 is 0 Å². The minimum Gasteiger partial charge on any atom is -0.481 e. The molecule has 19 heavy (non-hydrogen) atoms. The number of amides is 1. The van der Waals surface area contributed by atoms with E-state index in [0.717, 1.165) is 24.8 Å². The van der Waals surface area contributed by atoms with Crippen molar-refractivity contribution in [3.05, 3.63) is 35.9 Å². The number of hydrogen-bond donors (Lipinski definition) is 2. The third kappa shape index (κ3) is 3.81. The van der Waals surface area contributed by atoms with Gasteiger partial charge in [0, 0.05) is 6.04 Å². The maximum Gasteiger partial charge on any atom is 0.308 e. The van der Waals surface area contributed by atoms with E-state index in [4.69, 9.17) is 5.11 Å². The molecule has 1 amide bonds. The summed E-state index contributed by atoms with van der Waals surface area (Å²) in [6, 6.07) is 9.27. The molecule has 2 unspecified atom stereocenters. The van der Waals surface area contributed by atoms with E-state index in [2.05, 4.69) is 5.32 Å². The maximum absolute atomic E-state index is 11.9. The summed E-state index contributed by atoms with van der Waals surface area (Å²) in [7, 11) is 0. The van der Waals surface area contributed by atoms with Crippen LogP contribution in [0.4, 0.5) is 0 Å². The Morgan fingerprint density at radius 2 is 1.84 bits per heavy atom. The van der Waals surface area contributed by atoms with Crippen LogP contribution in [0.3, 0.4) is 0 Å². The third-order valence-corrected chi connectivity index (χ3v) is 3.64. The number of carbonyl (C=O) groups is 2. The Hall–Kier alpha value is -1.84. The maximum atomic E-state index is 11.9. The molecule has 4 heteroatoms. The Bertz CT molecular complexity index is 444. The molecule has 4 nitrogen and oxygen atoms in total. The molecule has 0 heterocycles. The molecule has 1 saturated carbocycles. The molecular weight excluding hydrogens is 242 g/mol. The number of carboxylic acid groups (broad SMARTS) is 1. The molecule has 1 aromatic carbocycles. The van der Waals surface area contributed by atoms with Crippen molar-refractivity contribution >= 4 is 11.9 Å². The van der Waals surface area contributed by atoms with Gasteiger partial charge in [0.15, 0.2) is 0 Å². The van der Waals surface area contributed by atoms with Crippen molar-refractivity contribution in [2.75, 3.05) is 0 Å². The Balaban J connectivity index is 1.92. The molecule has 2 atom stereocenters. The van der Waals surface area contributed by atoms with Crippen LogP contribution in [-0.2, 0) is 16.0 Å². The highest BCUT2D eigenvalue weighted by molar-refractivity contribution is 5.80. The van der Waals surface area contributed by atoms with E-state index in [-0.39, 0.29) is 11.9 Å². The first kappa shape index (κ1) is 13.6. The number of hydrogen-bond acceptors (Lipinski definition) is 2. The summed E-state index contributed by atoms with van der Waals surface area (Å²) in [5.41, 5.74) is 0.947. The normalized spacial score (nSPS) is 22.7. The molecule has 2 rings (SSSR count). The minimum atomic E-state index is -0.801. The first-order chi connectivity index (χ1) is 9.16. The van der Waals surface area contributed by atoms with Gasteiger partial charge in [-0.3, -0.25) is 9.59 Å². The monoisotopic (exact) mass is 261 g/mol. The molecular formula is C15H19NO3. The zero-order valence-corrected chi connectivity index (χ0v) is 10.8. The highest BCUT2D eigenvalue weighted by atomic mass is 16.4. The fourth-order valence-corrected chi connectivity index (χ4v) is 2.64. The topological polar surface area (TPSA) is 66.4 Å². The molecule has 0 bridgehead atoms. The van der Waals surface area contributed by atoms with Crippen LogP contribution in [0.25, 0.3) is 0 Å². The van der Waals surface area contributed by atoms with Gasteiger partial charge in [-0.1, -0.05) is 43.2 Å². The molecule has 1 aliphatic carbocycles. The molecule has 0 radical (unpaired) electrons. The first-order valence-corrected chi connectivity index (χ1v) is 6.73. The molecule has 1 aromatic rings. The fourth-order valence-electron chi connectivity index (χ4n) is 2.64. The summed E-state index contributed by atoms with van der Waals surface area (Å²) in [4.78, 5) is 23.1. The lowest BCUT2D eigenvalue weighted by atomic mass is 9.84. The second kappa shape index (κ2) is 6.36. The molecule has 0 aromatic heterocycles. The summed E-state index contributed by atoms with van der Waals surface area (Å²) in [6.45, 7) is 0. The smallest absolute Gasteiger partial charge is 0.308 e. The summed E-state index contributed by atoms with van der Waals surface area (Å²) < 4.78 is 0. The molecule has 2 N–H and O–H groups in total. The Labute approximate surface area is 112 Å². The van der Waals surface area contributed by atoms with Crippen LogP contribution in [0, 0.1) is 5.92 Å².